The Kier molecular flexibility index (Phi) is 4.05. The zero-order valence-corrected chi connectivity index (χ0v) is 10.2. The molecule has 0 aliphatic rings. The lowest BCUT2D eigenvalue weighted by atomic mass is 10.1. The van der Waals surface area contributed by atoms with Crippen molar-refractivity contribution in [3.63, 3.8) is 0 Å². The van der Waals surface area contributed by atoms with E-state index in [0.29, 0.717) is 17.8 Å². The number of aryl methyl sites for hydroxylation is 1. The van der Waals surface area contributed by atoms with E-state index in [4.69, 9.17) is 5.26 Å². The lowest BCUT2D eigenvalue weighted by molar-refractivity contribution is -0.384. The summed E-state index contributed by atoms with van der Waals surface area (Å²) in [6.07, 6.45) is 0. The number of benzene rings is 1. The Hall–Kier alpha value is -2.09. The fourth-order valence-electron chi connectivity index (χ4n) is 1.74. The van der Waals surface area contributed by atoms with Gasteiger partial charge in [0.05, 0.1) is 16.9 Å². The zero-order chi connectivity index (χ0) is 13.0. The highest BCUT2D eigenvalue weighted by atomic mass is 16.6. The lowest BCUT2D eigenvalue weighted by Crippen LogP contribution is -2.24. The summed E-state index contributed by atoms with van der Waals surface area (Å²) in [7, 11) is 1.76. The standard InChI is InChI=1S/C12H15N3O2/c1-9(7-13)8-14(3)11-6-4-5-10(2)12(11)15(16)17/h4-6,9H,8H2,1-3H3. The van der Waals surface area contributed by atoms with Crippen LogP contribution in [0.2, 0.25) is 0 Å². The molecule has 0 N–H and O–H groups in total. The van der Waals surface area contributed by atoms with E-state index in [9.17, 15) is 10.1 Å². The number of anilines is 1. The van der Waals surface area contributed by atoms with E-state index in [1.54, 1.807) is 44.0 Å². The number of nitriles is 1. The van der Waals surface area contributed by atoms with Gasteiger partial charge in [0.1, 0.15) is 5.69 Å². The van der Waals surface area contributed by atoms with Crippen LogP contribution in [-0.4, -0.2) is 18.5 Å². The van der Waals surface area contributed by atoms with Gasteiger partial charge in [0.2, 0.25) is 0 Å². The van der Waals surface area contributed by atoms with Crippen LogP contribution in [0.15, 0.2) is 18.2 Å². The number of para-hydroxylation sites is 1. The average molecular weight is 233 g/mol. The van der Waals surface area contributed by atoms with E-state index in [1.165, 1.54) is 0 Å². The monoisotopic (exact) mass is 233 g/mol. The van der Waals surface area contributed by atoms with E-state index < -0.39 is 0 Å². The lowest BCUT2D eigenvalue weighted by Gasteiger charge is -2.20. The van der Waals surface area contributed by atoms with Gasteiger partial charge in [-0.05, 0) is 19.9 Å². The number of nitrogens with zero attached hydrogens (tertiary/aromatic N) is 3. The molecule has 0 saturated carbocycles. The maximum atomic E-state index is 11.0. The first-order valence-electron chi connectivity index (χ1n) is 5.32. The van der Waals surface area contributed by atoms with Crippen LogP contribution in [0, 0.1) is 34.3 Å². The largest absolute Gasteiger partial charge is 0.368 e. The molecule has 1 aromatic carbocycles. The second-order valence-electron chi connectivity index (χ2n) is 4.11. The van der Waals surface area contributed by atoms with Crippen LogP contribution in [0.4, 0.5) is 11.4 Å². The van der Waals surface area contributed by atoms with Crippen molar-refractivity contribution < 1.29 is 4.92 Å². The third-order valence-electron chi connectivity index (χ3n) is 2.58. The van der Waals surface area contributed by atoms with Crippen molar-refractivity contribution in [1.29, 1.82) is 5.26 Å². The van der Waals surface area contributed by atoms with Gasteiger partial charge >= 0.3 is 0 Å². The maximum Gasteiger partial charge on any atom is 0.295 e. The molecule has 0 aliphatic carbocycles. The quantitative estimate of drug-likeness (QED) is 0.591. The summed E-state index contributed by atoms with van der Waals surface area (Å²) >= 11 is 0. The maximum absolute atomic E-state index is 11.0. The van der Waals surface area contributed by atoms with Gasteiger partial charge in [-0.2, -0.15) is 5.26 Å². The Morgan fingerprint density at radius 3 is 2.76 bits per heavy atom. The molecule has 17 heavy (non-hydrogen) atoms. The summed E-state index contributed by atoms with van der Waals surface area (Å²) in [5.41, 5.74) is 1.29. The fraction of sp³-hybridized carbons (Fsp3) is 0.417. The number of hydrogen-bond donors (Lipinski definition) is 0. The van der Waals surface area contributed by atoms with Gasteiger partial charge < -0.3 is 4.90 Å². The molecule has 1 unspecified atom stereocenters. The predicted octanol–water partition coefficient (Wildman–Crippen LogP) is 2.50. The third kappa shape index (κ3) is 2.94. The van der Waals surface area contributed by atoms with Crippen LogP contribution in [0.3, 0.4) is 0 Å². The van der Waals surface area contributed by atoms with Crippen molar-refractivity contribution in [2.24, 2.45) is 5.92 Å². The highest BCUT2D eigenvalue weighted by Crippen LogP contribution is 2.30. The summed E-state index contributed by atoms with van der Waals surface area (Å²) in [6.45, 7) is 3.97. The Morgan fingerprint density at radius 2 is 2.24 bits per heavy atom. The molecule has 0 aliphatic heterocycles. The van der Waals surface area contributed by atoms with Gasteiger partial charge in [-0.25, -0.2) is 0 Å². The van der Waals surface area contributed by atoms with Crippen LogP contribution in [0.25, 0.3) is 0 Å². The molecule has 5 nitrogen and oxygen atoms in total. The first kappa shape index (κ1) is 13.0. The van der Waals surface area contributed by atoms with E-state index in [2.05, 4.69) is 6.07 Å². The topological polar surface area (TPSA) is 70.2 Å². The molecule has 90 valence electrons. The molecule has 0 aromatic heterocycles. The molecular weight excluding hydrogens is 218 g/mol. The molecular formula is C12H15N3O2. The Labute approximate surface area is 100 Å². The molecule has 1 rings (SSSR count). The summed E-state index contributed by atoms with van der Waals surface area (Å²) in [4.78, 5) is 12.4. The van der Waals surface area contributed by atoms with E-state index in [-0.39, 0.29) is 16.5 Å². The van der Waals surface area contributed by atoms with Crippen LogP contribution >= 0.6 is 0 Å². The van der Waals surface area contributed by atoms with Crippen LogP contribution in [0.1, 0.15) is 12.5 Å². The number of rotatable bonds is 4. The van der Waals surface area contributed by atoms with Gasteiger partial charge in [-0.1, -0.05) is 12.1 Å². The Morgan fingerprint density at radius 1 is 1.59 bits per heavy atom. The fourth-order valence-corrected chi connectivity index (χ4v) is 1.74. The van der Waals surface area contributed by atoms with Gasteiger partial charge in [-0.3, -0.25) is 10.1 Å². The van der Waals surface area contributed by atoms with Crippen molar-refractivity contribution >= 4 is 11.4 Å². The molecule has 0 heterocycles. The number of hydrogen-bond acceptors (Lipinski definition) is 4. The first-order valence-corrected chi connectivity index (χ1v) is 5.32. The molecule has 1 atom stereocenters. The summed E-state index contributed by atoms with van der Waals surface area (Å²) in [5.74, 6) is -0.167. The highest BCUT2D eigenvalue weighted by molar-refractivity contribution is 5.66. The van der Waals surface area contributed by atoms with Crippen molar-refractivity contribution in [2.45, 2.75) is 13.8 Å². The number of nitro benzene ring substituents is 1. The van der Waals surface area contributed by atoms with Crippen molar-refractivity contribution in [1.82, 2.24) is 0 Å². The second kappa shape index (κ2) is 5.30. The van der Waals surface area contributed by atoms with Crippen molar-refractivity contribution in [2.75, 3.05) is 18.5 Å². The summed E-state index contributed by atoms with van der Waals surface area (Å²) in [6, 6.07) is 7.32. The highest BCUT2D eigenvalue weighted by Gasteiger charge is 2.20. The molecule has 0 radical (unpaired) electrons. The number of nitro groups is 1. The minimum atomic E-state index is -0.377. The predicted molar refractivity (Wildman–Crippen MR) is 65.9 cm³/mol. The van der Waals surface area contributed by atoms with Gasteiger partial charge in [0.15, 0.2) is 0 Å². The Bertz CT molecular complexity index is 465. The molecule has 5 heteroatoms. The molecule has 0 bridgehead atoms. The normalized spacial score (nSPS) is 11.6. The minimum Gasteiger partial charge on any atom is -0.368 e. The van der Waals surface area contributed by atoms with Gasteiger partial charge in [-0.15, -0.1) is 0 Å². The van der Waals surface area contributed by atoms with Gasteiger partial charge in [0, 0.05) is 19.2 Å². The van der Waals surface area contributed by atoms with E-state index >= 15 is 0 Å². The van der Waals surface area contributed by atoms with E-state index in [0.717, 1.165) is 0 Å². The Balaban J connectivity index is 3.10. The summed E-state index contributed by atoms with van der Waals surface area (Å²) in [5, 5.41) is 19.8. The van der Waals surface area contributed by atoms with Crippen LogP contribution < -0.4 is 4.90 Å². The SMILES string of the molecule is Cc1cccc(N(C)CC(C)C#N)c1[N+](=O)[O-]. The van der Waals surface area contributed by atoms with Crippen LogP contribution in [0.5, 0.6) is 0 Å². The smallest absolute Gasteiger partial charge is 0.295 e. The van der Waals surface area contributed by atoms with E-state index in [1.807, 2.05) is 0 Å². The molecule has 0 amide bonds. The second-order valence-corrected chi connectivity index (χ2v) is 4.11. The molecule has 0 fully saturated rings. The van der Waals surface area contributed by atoms with Crippen LogP contribution in [-0.2, 0) is 0 Å². The van der Waals surface area contributed by atoms with Gasteiger partial charge in [0.25, 0.3) is 5.69 Å². The molecule has 0 spiro atoms. The minimum absolute atomic E-state index is 0.111. The molecule has 0 saturated heterocycles. The third-order valence-corrected chi connectivity index (χ3v) is 2.58. The average Bonchev–Trinajstić information content (AvgIpc) is 2.27. The first-order chi connectivity index (χ1) is 7.97. The van der Waals surface area contributed by atoms with Crippen molar-refractivity contribution in [3.05, 3.63) is 33.9 Å². The molecule has 1 aromatic rings. The van der Waals surface area contributed by atoms with Crippen molar-refractivity contribution in [3.8, 4) is 6.07 Å². The zero-order valence-electron chi connectivity index (χ0n) is 10.2. The summed E-state index contributed by atoms with van der Waals surface area (Å²) < 4.78 is 0.